The third-order valence-corrected chi connectivity index (χ3v) is 5.15. The number of amides is 2. The SMILES string of the molecule is COc1cc(NS(=O)(=O)c2ccc3c(c2)NC(=O)CC(=O)N3)cc(OC)c1. The summed E-state index contributed by atoms with van der Waals surface area (Å²) >= 11 is 0. The lowest BCUT2D eigenvalue weighted by molar-refractivity contribution is -0.123. The van der Waals surface area contributed by atoms with Crippen molar-refractivity contribution in [3.05, 3.63) is 36.4 Å². The molecule has 0 fully saturated rings. The highest BCUT2D eigenvalue weighted by molar-refractivity contribution is 7.92. The lowest BCUT2D eigenvalue weighted by Crippen LogP contribution is -2.16. The van der Waals surface area contributed by atoms with Crippen LogP contribution in [0.3, 0.4) is 0 Å². The maximum Gasteiger partial charge on any atom is 0.261 e. The maximum atomic E-state index is 12.7. The molecule has 0 unspecified atom stereocenters. The van der Waals surface area contributed by atoms with E-state index >= 15 is 0 Å². The predicted molar refractivity (Wildman–Crippen MR) is 98.7 cm³/mol. The lowest BCUT2D eigenvalue weighted by Gasteiger charge is -2.13. The highest BCUT2D eigenvalue weighted by atomic mass is 32.2. The summed E-state index contributed by atoms with van der Waals surface area (Å²) in [5, 5.41) is 5.05. The van der Waals surface area contributed by atoms with E-state index in [4.69, 9.17) is 9.47 Å². The van der Waals surface area contributed by atoms with Crippen molar-refractivity contribution in [3.8, 4) is 11.5 Å². The smallest absolute Gasteiger partial charge is 0.261 e. The van der Waals surface area contributed by atoms with E-state index in [9.17, 15) is 18.0 Å². The van der Waals surface area contributed by atoms with Crippen LogP contribution in [0.4, 0.5) is 17.1 Å². The van der Waals surface area contributed by atoms with Crippen LogP contribution in [0.15, 0.2) is 41.3 Å². The summed E-state index contributed by atoms with van der Waals surface area (Å²) in [5.74, 6) is -0.150. The number of hydrogen-bond acceptors (Lipinski definition) is 6. The number of hydrogen-bond donors (Lipinski definition) is 3. The third-order valence-electron chi connectivity index (χ3n) is 3.77. The fourth-order valence-corrected chi connectivity index (χ4v) is 3.58. The molecule has 0 atom stereocenters. The highest BCUT2D eigenvalue weighted by Gasteiger charge is 2.22. The largest absolute Gasteiger partial charge is 0.497 e. The Balaban J connectivity index is 1.94. The van der Waals surface area contributed by atoms with Crippen molar-refractivity contribution in [2.75, 3.05) is 29.6 Å². The van der Waals surface area contributed by atoms with Crippen LogP contribution in [0.5, 0.6) is 11.5 Å². The molecule has 0 aromatic heterocycles. The van der Waals surface area contributed by atoms with Gasteiger partial charge < -0.3 is 20.1 Å². The number of sulfonamides is 1. The van der Waals surface area contributed by atoms with E-state index in [-0.39, 0.29) is 22.7 Å². The number of nitrogens with one attached hydrogen (secondary N) is 3. The van der Waals surface area contributed by atoms with Crippen molar-refractivity contribution >= 4 is 38.9 Å². The number of rotatable bonds is 5. The Morgan fingerprint density at radius 3 is 2.07 bits per heavy atom. The average Bonchev–Trinajstić information content (AvgIpc) is 2.76. The van der Waals surface area contributed by atoms with E-state index in [1.165, 1.54) is 44.6 Å². The number of ether oxygens (including phenoxy) is 2. The molecule has 142 valence electrons. The van der Waals surface area contributed by atoms with Gasteiger partial charge in [0, 0.05) is 18.2 Å². The first-order valence-corrected chi connectivity index (χ1v) is 9.28. The van der Waals surface area contributed by atoms with Crippen molar-refractivity contribution in [2.24, 2.45) is 0 Å². The zero-order valence-corrected chi connectivity index (χ0v) is 15.3. The van der Waals surface area contributed by atoms with Gasteiger partial charge >= 0.3 is 0 Å². The molecule has 3 rings (SSSR count). The molecule has 2 amide bonds. The third kappa shape index (κ3) is 4.11. The molecule has 2 aromatic carbocycles. The van der Waals surface area contributed by atoms with Crippen molar-refractivity contribution in [3.63, 3.8) is 0 Å². The summed E-state index contributed by atoms with van der Waals surface area (Å²) in [4.78, 5) is 23.2. The van der Waals surface area contributed by atoms with Crippen molar-refractivity contribution in [1.82, 2.24) is 0 Å². The minimum atomic E-state index is -3.96. The summed E-state index contributed by atoms with van der Waals surface area (Å²) in [6, 6.07) is 8.64. The Morgan fingerprint density at radius 1 is 0.889 bits per heavy atom. The van der Waals surface area contributed by atoms with Gasteiger partial charge in [0.25, 0.3) is 10.0 Å². The Hall–Kier alpha value is -3.27. The molecule has 1 aliphatic heterocycles. The number of anilines is 3. The van der Waals surface area contributed by atoms with Crippen LogP contribution >= 0.6 is 0 Å². The van der Waals surface area contributed by atoms with Crippen LogP contribution < -0.4 is 24.8 Å². The average molecular weight is 391 g/mol. The predicted octanol–water partition coefficient (Wildman–Crippen LogP) is 1.79. The molecule has 0 aliphatic carbocycles. The molecule has 2 aromatic rings. The summed E-state index contributed by atoms with van der Waals surface area (Å²) in [6.45, 7) is 0. The Bertz CT molecular complexity index is 997. The molecular weight excluding hydrogens is 374 g/mol. The molecule has 3 N–H and O–H groups in total. The molecule has 0 spiro atoms. The maximum absolute atomic E-state index is 12.7. The molecule has 0 saturated heterocycles. The summed E-state index contributed by atoms with van der Waals surface area (Å²) in [6.07, 6.45) is -0.335. The van der Waals surface area contributed by atoms with Gasteiger partial charge in [-0.3, -0.25) is 14.3 Å². The van der Waals surface area contributed by atoms with Gasteiger partial charge in [0.15, 0.2) is 0 Å². The van der Waals surface area contributed by atoms with E-state index in [2.05, 4.69) is 15.4 Å². The molecule has 0 bridgehead atoms. The van der Waals surface area contributed by atoms with Crippen LogP contribution in [0.1, 0.15) is 6.42 Å². The van der Waals surface area contributed by atoms with Gasteiger partial charge in [-0.25, -0.2) is 8.42 Å². The van der Waals surface area contributed by atoms with Crippen LogP contribution in [0, 0.1) is 0 Å². The quantitative estimate of drug-likeness (QED) is 0.668. The van der Waals surface area contributed by atoms with Crippen LogP contribution in [0.25, 0.3) is 0 Å². The number of fused-ring (bicyclic) bond motifs is 1. The molecule has 0 radical (unpaired) electrons. The zero-order chi connectivity index (χ0) is 19.6. The monoisotopic (exact) mass is 391 g/mol. The Labute approximate surface area is 155 Å². The van der Waals surface area contributed by atoms with Crippen LogP contribution in [-0.4, -0.2) is 34.5 Å². The Morgan fingerprint density at radius 2 is 1.48 bits per heavy atom. The van der Waals surface area contributed by atoms with Crippen molar-refractivity contribution in [2.45, 2.75) is 11.3 Å². The minimum absolute atomic E-state index is 0.0838. The number of carbonyl (C=O) groups is 2. The van der Waals surface area contributed by atoms with Gasteiger partial charge in [-0.05, 0) is 18.2 Å². The fraction of sp³-hybridized carbons (Fsp3) is 0.176. The van der Waals surface area contributed by atoms with Gasteiger partial charge in [0.2, 0.25) is 11.8 Å². The van der Waals surface area contributed by atoms with Gasteiger partial charge in [0.1, 0.15) is 17.9 Å². The molecule has 0 saturated carbocycles. The molecule has 1 heterocycles. The molecular formula is C17H17N3O6S. The number of carbonyl (C=O) groups excluding carboxylic acids is 2. The van der Waals surface area contributed by atoms with E-state index in [0.717, 1.165) is 0 Å². The van der Waals surface area contributed by atoms with E-state index in [1.54, 1.807) is 6.07 Å². The highest BCUT2D eigenvalue weighted by Crippen LogP contribution is 2.30. The zero-order valence-electron chi connectivity index (χ0n) is 14.5. The summed E-state index contributed by atoms with van der Waals surface area (Å²) in [5.41, 5.74) is 0.781. The van der Waals surface area contributed by atoms with E-state index in [1.807, 2.05) is 0 Å². The number of benzene rings is 2. The van der Waals surface area contributed by atoms with Gasteiger partial charge in [-0.1, -0.05) is 0 Å². The van der Waals surface area contributed by atoms with Crippen molar-refractivity contribution < 1.29 is 27.5 Å². The van der Waals surface area contributed by atoms with Crippen molar-refractivity contribution in [1.29, 1.82) is 0 Å². The first kappa shape index (κ1) is 18.5. The molecule has 27 heavy (non-hydrogen) atoms. The first-order valence-electron chi connectivity index (χ1n) is 7.80. The second-order valence-electron chi connectivity index (χ2n) is 5.69. The molecule has 1 aliphatic rings. The minimum Gasteiger partial charge on any atom is -0.497 e. The van der Waals surface area contributed by atoms with Gasteiger partial charge in [-0.2, -0.15) is 0 Å². The normalized spacial score (nSPS) is 13.7. The summed E-state index contributed by atoms with van der Waals surface area (Å²) < 4.78 is 38.1. The van der Waals surface area contributed by atoms with Crippen LogP contribution in [0.2, 0.25) is 0 Å². The van der Waals surface area contributed by atoms with Gasteiger partial charge in [0.05, 0.1) is 36.2 Å². The molecule has 9 nitrogen and oxygen atoms in total. The van der Waals surface area contributed by atoms with E-state index in [0.29, 0.717) is 17.2 Å². The topological polar surface area (TPSA) is 123 Å². The Kier molecular flexibility index (Phi) is 4.91. The molecule has 10 heteroatoms. The van der Waals surface area contributed by atoms with Crippen LogP contribution in [-0.2, 0) is 19.6 Å². The van der Waals surface area contributed by atoms with E-state index < -0.39 is 21.8 Å². The standard InChI is InChI=1S/C17H17N3O6S/c1-25-11-5-10(6-12(7-11)26-2)20-27(23,24)13-3-4-14-15(8-13)19-17(22)9-16(21)18-14/h3-8,20H,9H2,1-2H3,(H,18,21)(H,19,22). The lowest BCUT2D eigenvalue weighted by atomic mass is 10.2. The second kappa shape index (κ2) is 7.16. The number of methoxy groups -OCH3 is 2. The first-order chi connectivity index (χ1) is 12.8. The van der Waals surface area contributed by atoms with Gasteiger partial charge in [-0.15, -0.1) is 0 Å². The summed E-state index contributed by atoms with van der Waals surface area (Å²) in [7, 11) is -1.06. The fourth-order valence-electron chi connectivity index (χ4n) is 2.52. The second-order valence-corrected chi connectivity index (χ2v) is 7.37.